The average molecular weight is 290 g/mol. The number of carbonyl (C=O) groups excluding carboxylic acids is 2. The van der Waals surface area contributed by atoms with Gasteiger partial charge in [0.15, 0.2) is 0 Å². The fourth-order valence-electron chi connectivity index (χ4n) is 2.16. The average Bonchev–Trinajstić information content (AvgIpc) is 2.48. The normalized spacial score (nSPS) is 19.5. The first-order valence-corrected chi connectivity index (χ1v) is 7.42. The van der Waals surface area contributed by atoms with E-state index in [4.69, 9.17) is 4.74 Å². The second kappa shape index (κ2) is 7.11. The van der Waals surface area contributed by atoms with Crippen molar-refractivity contribution in [1.82, 2.24) is 5.32 Å². The highest BCUT2D eigenvalue weighted by molar-refractivity contribution is 5.94. The molecular weight excluding hydrogens is 268 g/mol. The molecule has 21 heavy (non-hydrogen) atoms. The van der Waals surface area contributed by atoms with Crippen molar-refractivity contribution in [2.75, 3.05) is 11.9 Å². The predicted molar refractivity (Wildman–Crippen MR) is 81.2 cm³/mol. The van der Waals surface area contributed by atoms with Crippen LogP contribution in [-0.2, 0) is 9.59 Å². The summed E-state index contributed by atoms with van der Waals surface area (Å²) in [6.45, 7) is 4.48. The van der Waals surface area contributed by atoms with Crippen molar-refractivity contribution in [2.24, 2.45) is 5.92 Å². The molecule has 1 aliphatic heterocycles. The van der Waals surface area contributed by atoms with Gasteiger partial charge in [0.05, 0.1) is 12.0 Å². The summed E-state index contributed by atoms with van der Waals surface area (Å²) in [4.78, 5) is 23.3. The van der Waals surface area contributed by atoms with Gasteiger partial charge in [-0.3, -0.25) is 9.59 Å². The van der Waals surface area contributed by atoms with E-state index in [-0.39, 0.29) is 23.8 Å². The zero-order valence-electron chi connectivity index (χ0n) is 12.5. The molecule has 0 spiro atoms. The lowest BCUT2D eigenvalue weighted by Crippen LogP contribution is -2.40. The molecule has 0 aromatic heterocycles. The Morgan fingerprint density at radius 2 is 2.33 bits per heavy atom. The van der Waals surface area contributed by atoms with E-state index in [9.17, 15) is 9.59 Å². The summed E-state index contributed by atoms with van der Waals surface area (Å²) >= 11 is 0. The van der Waals surface area contributed by atoms with Crippen LogP contribution >= 0.6 is 0 Å². The van der Waals surface area contributed by atoms with Gasteiger partial charge in [-0.1, -0.05) is 13.0 Å². The molecule has 114 valence electrons. The highest BCUT2D eigenvalue weighted by Gasteiger charge is 2.24. The van der Waals surface area contributed by atoms with E-state index in [2.05, 4.69) is 17.6 Å². The minimum atomic E-state index is -0.165. The Labute approximate surface area is 125 Å². The summed E-state index contributed by atoms with van der Waals surface area (Å²) in [7, 11) is 0. The molecule has 0 aliphatic carbocycles. The number of anilines is 1. The Morgan fingerprint density at radius 3 is 3.00 bits per heavy atom. The fourth-order valence-corrected chi connectivity index (χ4v) is 2.16. The minimum absolute atomic E-state index is 0.0167. The molecule has 1 aromatic rings. The highest BCUT2D eigenvalue weighted by Crippen LogP contribution is 2.21. The molecule has 0 radical (unpaired) electrons. The van der Waals surface area contributed by atoms with Gasteiger partial charge in [-0.25, -0.2) is 0 Å². The second-order valence-electron chi connectivity index (χ2n) is 5.39. The predicted octanol–water partition coefficient (Wildman–Crippen LogP) is 2.33. The maximum Gasteiger partial charge on any atom is 0.229 e. The van der Waals surface area contributed by atoms with Crippen LogP contribution in [0.2, 0.25) is 0 Å². The number of amides is 2. The van der Waals surface area contributed by atoms with Gasteiger partial charge in [0.25, 0.3) is 0 Å². The van der Waals surface area contributed by atoms with E-state index in [1.807, 2.05) is 31.2 Å². The molecule has 5 nitrogen and oxygen atoms in total. The molecule has 0 saturated carbocycles. The Kier molecular flexibility index (Phi) is 5.20. The maximum absolute atomic E-state index is 12.2. The summed E-state index contributed by atoms with van der Waals surface area (Å²) in [5, 5.41) is 5.61. The van der Waals surface area contributed by atoms with E-state index < -0.39 is 0 Å². The van der Waals surface area contributed by atoms with Crippen molar-refractivity contribution in [2.45, 2.75) is 39.2 Å². The van der Waals surface area contributed by atoms with Crippen LogP contribution in [0.15, 0.2) is 24.3 Å². The van der Waals surface area contributed by atoms with Crippen LogP contribution in [-0.4, -0.2) is 24.5 Å². The number of hydrogen-bond acceptors (Lipinski definition) is 3. The maximum atomic E-state index is 12.2. The van der Waals surface area contributed by atoms with Crippen molar-refractivity contribution >= 4 is 17.5 Å². The van der Waals surface area contributed by atoms with Crippen LogP contribution in [0, 0.1) is 5.92 Å². The van der Waals surface area contributed by atoms with Crippen molar-refractivity contribution < 1.29 is 14.3 Å². The number of piperidine rings is 1. The molecule has 1 fully saturated rings. The molecular formula is C16H22N2O3. The first kappa shape index (κ1) is 15.4. The lowest BCUT2D eigenvalue weighted by Gasteiger charge is -2.21. The number of nitrogens with one attached hydrogen (secondary N) is 2. The zero-order valence-corrected chi connectivity index (χ0v) is 12.5. The van der Waals surface area contributed by atoms with Gasteiger partial charge in [-0.15, -0.1) is 0 Å². The largest absolute Gasteiger partial charge is 0.491 e. The highest BCUT2D eigenvalue weighted by atomic mass is 16.5. The molecule has 2 unspecified atom stereocenters. The van der Waals surface area contributed by atoms with Gasteiger partial charge in [-0.2, -0.15) is 0 Å². The summed E-state index contributed by atoms with van der Waals surface area (Å²) < 4.78 is 5.74. The molecule has 1 aliphatic rings. The lowest BCUT2D eigenvalue weighted by molar-refractivity contribution is -0.126. The molecule has 2 amide bonds. The number of benzene rings is 1. The molecule has 5 heteroatoms. The number of carbonyl (C=O) groups is 2. The van der Waals surface area contributed by atoms with Gasteiger partial charge in [0, 0.05) is 24.7 Å². The topological polar surface area (TPSA) is 67.4 Å². The molecule has 1 saturated heterocycles. The Hall–Kier alpha value is -2.04. The molecule has 1 heterocycles. The quantitative estimate of drug-likeness (QED) is 0.874. The third-order valence-corrected chi connectivity index (χ3v) is 3.65. The van der Waals surface area contributed by atoms with Gasteiger partial charge < -0.3 is 15.4 Å². The van der Waals surface area contributed by atoms with E-state index >= 15 is 0 Å². The lowest BCUT2D eigenvalue weighted by atomic mass is 9.98. The molecule has 2 rings (SSSR count). The summed E-state index contributed by atoms with van der Waals surface area (Å²) in [5.74, 6) is 0.541. The van der Waals surface area contributed by atoms with Crippen LogP contribution in [0.4, 0.5) is 5.69 Å². The zero-order chi connectivity index (χ0) is 15.2. The van der Waals surface area contributed by atoms with Crippen molar-refractivity contribution in [1.29, 1.82) is 0 Å². The van der Waals surface area contributed by atoms with Crippen LogP contribution < -0.4 is 15.4 Å². The number of rotatable bonds is 5. The molecule has 2 atom stereocenters. The minimum Gasteiger partial charge on any atom is -0.491 e. The SMILES string of the molecule is CCC(C)Oc1cccc(NC(=O)C2CCC(=O)NC2)c1. The van der Waals surface area contributed by atoms with E-state index in [0.29, 0.717) is 19.4 Å². The first-order chi connectivity index (χ1) is 10.1. The van der Waals surface area contributed by atoms with Gasteiger partial charge in [0.1, 0.15) is 5.75 Å². The Balaban J connectivity index is 1.94. The Bertz CT molecular complexity index is 506. The smallest absolute Gasteiger partial charge is 0.229 e. The fraction of sp³-hybridized carbons (Fsp3) is 0.500. The first-order valence-electron chi connectivity index (χ1n) is 7.42. The van der Waals surface area contributed by atoms with E-state index in [1.165, 1.54) is 0 Å². The Morgan fingerprint density at radius 1 is 1.52 bits per heavy atom. The summed E-state index contributed by atoms with van der Waals surface area (Å²) in [5.41, 5.74) is 0.720. The second-order valence-corrected chi connectivity index (χ2v) is 5.39. The third kappa shape index (κ3) is 4.48. The molecule has 0 bridgehead atoms. The monoisotopic (exact) mass is 290 g/mol. The van der Waals surface area contributed by atoms with Crippen molar-refractivity contribution in [3.05, 3.63) is 24.3 Å². The standard InChI is InChI=1S/C16H22N2O3/c1-3-11(2)21-14-6-4-5-13(9-14)18-16(20)12-7-8-15(19)17-10-12/h4-6,9,11-12H,3,7-8,10H2,1-2H3,(H,17,19)(H,18,20). The van der Waals surface area contributed by atoms with Crippen molar-refractivity contribution in [3.8, 4) is 5.75 Å². The van der Waals surface area contributed by atoms with Crippen LogP contribution in [0.25, 0.3) is 0 Å². The summed E-state index contributed by atoms with van der Waals surface area (Å²) in [6, 6.07) is 7.40. The molecule has 2 N–H and O–H groups in total. The van der Waals surface area contributed by atoms with Gasteiger partial charge in [-0.05, 0) is 31.9 Å². The van der Waals surface area contributed by atoms with Crippen LogP contribution in [0.3, 0.4) is 0 Å². The van der Waals surface area contributed by atoms with Gasteiger partial charge >= 0.3 is 0 Å². The third-order valence-electron chi connectivity index (χ3n) is 3.65. The van der Waals surface area contributed by atoms with Crippen LogP contribution in [0.5, 0.6) is 5.75 Å². The molecule has 1 aromatic carbocycles. The summed E-state index contributed by atoms with van der Waals surface area (Å²) in [6.07, 6.45) is 2.08. The van der Waals surface area contributed by atoms with Crippen LogP contribution in [0.1, 0.15) is 33.1 Å². The van der Waals surface area contributed by atoms with Gasteiger partial charge in [0.2, 0.25) is 11.8 Å². The number of hydrogen-bond donors (Lipinski definition) is 2. The van der Waals surface area contributed by atoms with E-state index in [0.717, 1.165) is 17.9 Å². The van der Waals surface area contributed by atoms with E-state index in [1.54, 1.807) is 0 Å². The van der Waals surface area contributed by atoms with Crippen molar-refractivity contribution in [3.63, 3.8) is 0 Å². The number of ether oxygens (including phenoxy) is 1.